The van der Waals surface area contributed by atoms with E-state index >= 15 is 0 Å². The summed E-state index contributed by atoms with van der Waals surface area (Å²) in [5.74, 6) is 0.173. The van der Waals surface area contributed by atoms with Crippen molar-refractivity contribution >= 4 is 12.0 Å². The Hall–Kier alpha value is -1.58. The average Bonchev–Trinajstić information content (AvgIpc) is 2.99. The Morgan fingerprint density at radius 2 is 1.00 bits per heavy atom. The zero-order valence-electron chi connectivity index (χ0n) is 30.3. The molecule has 274 valence electrons. The standard InChI is InChI=1S/C33H67N3O10/c1-32(2,3)30(37)36(15-14-35(7)33(4,5)6)13-11-9-10-12-34-31(38)46-29-28-45-27-26-44-25-24-43-23-22-42-21-20-41-19-18-40-17-16-39-8/h9-29H2,1-8H3,(H,34,38). The molecular formula is C33H67N3O10. The van der Waals surface area contributed by atoms with Gasteiger partial charge in [0.1, 0.15) is 6.61 Å². The summed E-state index contributed by atoms with van der Waals surface area (Å²) >= 11 is 0. The third kappa shape index (κ3) is 27.5. The number of hydrogen-bond acceptors (Lipinski definition) is 11. The minimum Gasteiger partial charge on any atom is -0.447 e. The van der Waals surface area contributed by atoms with Crippen LogP contribution in [0.1, 0.15) is 60.8 Å². The maximum absolute atomic E-state index is 13.0. The van der Waals surface area contributed by atoms with Gasteiger partial charge in [0.15, 0.2) is 0 Å². The number of unbranched alkanes of at least 4 members (excludes halogenated alkanes) is 2. The molecule has 0 bridgehead atoms. The number of likely N-dealkylation sites (N-methyl/N-ethyl adjacent to an activating group) is 1. The van der Waals surface area contributed by atoms with Crippen LogP contribution >= 0.6 is 0 Å². The topological polar surface area (TPSA) is 126 Å². The molecule has 0 radical (unpaired) electrons. The highest BCUT2D eigenvalue weighted by Gasteiger charge is 2.27. The molecule has 0 aliphatic rings. The van der Waals surface area contributed by atoms with Gasteiger partial charge in [-0.05, 0) is 47.1 Å². The van der Waals surface area contributed by atoms with E-state index in [1.165, 1.54) is 0 Å². The number of ether oxygens (including phenoxy) is 8. The highest BCUT2D eigenvalue weighted by Crippen LogP contribution is 2.19. The number of alkyl carbamates (subject to hydrolysis) is 1. The minimum atomic E-state index is -0.452. The summed E-state index contributed by atoms with van der Waals surface area (Å²) < 4.78 is 42.5. The van der Waals surface area contributed by atoms with Crippen molar-refractivity contribution in [3.63, 3.8) is 0 Å². The highest BCUT2D eigenvalue weighted by atomic mass is 16.6. The summed E-state index contributed by atoms with van der Waals surface area (Å²) in [5, 5.41) is 2.77. The van der Waals surface area contributed by atoms with Crippen molar-refractivity contribution in [1.82, 2.24) is 15.1 Å². The van der Waals surface area contributed by atoms with Crippen molar-refractivity contribution in [2.24, 2.45) is 5.41 Å². The van der Waals surface area contributed by atoms with Crippen LogP contribution in [0.3, 0.4) is 0 Å². The second-order valence-corrected chi connectivity index (χ2v) is 12.9. The van der Waals surface area contributed by atoms with E-state index in [0.717, 1.165) is 25.8 Å². The van der Waals surface area contributed by atoms with E-state index in [1.54, 1.807) is 7.11 Å². The third-order valence-corrected chi connectivity index (χ3v) is 6.91. The van der Waals surface area contributed by atoms with E-state index in [1.807, 2.05) is 25.7 Å². The summed E-state index contributed by atoms with van der Waals surface area (Å²) in [6.07, 6.45) is 2.16. The van der Waals surface area contributed by atoms with Crippen LogP contribution in [-0.4, -0.2) is 160 Å². The average molecular weight is 666 g/mol. The lowest BCUT2D eigenvalue weighted by atomic mass is 9.94. The van der Waals surface area contributed by atoms with Gasteiger partial charge in [0, 0.05) is 44.2 Å². The summed E-state index contributed by atoms with van der Waals surface area (Å²) in [6, 6.07) is 0. The van der Waals surface area contributed by atoms with Gasteiger partial charge in [-0.3, -0.25) is 9.69 Å². The lowest BCUT2D eigenvalue weighted by Crippen LogP contribution is -2.47. The molecule has 0 aromatic heterocycles. The number of carbonyl (C=O) groups excluding carboxylic acids is 2. The van der Waals surface area contributed by atoms with E-state index in [9.17, 15) is 9.59 Å². The molecule has 0 saturated heterocycles. The Labute approximate surface area is 279 Å². The molecule has 0 heterocycles. The van der Waals surface area contributed by atoms with E-state index < -0.39 is 11.5 Å². The fourth-order valence-electron chi connectivity index (χ4n) is 3.78. The molecule has 0 rings (SSSR count). The second-order valence-electron chi connectivity index (χ2n) is 12.9. The first-order valence-corrected chi connectivity index (χ1v) is 16.8. The maximum Gasteiger partial charge on any atom is 0.407 e. The normalized spacial score (nSPS) is 12.1. The second kappa shape index (κ2) is 28.4. The van der Waals surface area contributed by atoms with Gasteiger partial charge in [-0.1, -0.05) is 20.8 Å². The molecule has 2 amide bonds. The Morgan fingerprint density at radius 1 is 0.565 bits per heavy atom. The molecule has 0 unspecified atom stereocenters. The van der Waals surface area contributed by atoms with Crippen molar-refractivity contribution in [1.29, 1.82) is 0 Å². The molecule has 13 nitrogen and oxygen atoms in total. The van der Waals surface area contributed by atoms with Crippen LogP contribution in [0.4, 0.5) is 4.79 Å². The molecule has 13 heteroatoms. The van der Waals surface area contributed by atoms with Crippen molar-refractivity contribution in [3.8, 4) is 0 Å². The van der Waals surface area contributed by atoms with Gasteiger partial charge in [-0.15, -0.1) is 0 Å². The van der Waals surface area contributed by atoms with E-state index in [-0.39, 0.29) is 18.1 Å². The Bertz CT molecular complexity index is 731. The molecule has 0 aliphatic heterocycles. The number of nitrogens with zero attached hydrogens (tertiary/aromatic N) is 2. The fraction of sp³-hybridized carbons (Fsp3) is 0.939. The minimum absolute atomic E-state index is 0.0582. The van der Waals surface area contributed by atoms with Crippen LogP contribution in [0.25, 0.3) is 0 Å². The van der Waals surface area contributed by atoms with Crippen LogP contribution in [0.15, 0.2) is 0 Å². The molecular weight excluding hydrogens is 598 g/mol. The van der Waals surface area contributed by atoms with Crippen LogP contribution in [0, 0.1) is 5.41 Å². The maximum atomic E-state index is 13.0. The molecule has 0 fully saturated rings. The smallest absolute Gasteiger partial charge is 0.407 e. The number of carbonyl (C=O) groups is 2. The summed E-state index contributed by atoms with van der Waals surface area (Å²) in [6.45, 7) is 21.7. The highest BCUT2D eigenvalue weighted by molar-refractivity contribution is 5.81. The molecule has 0 aromatic carbocycles. The molecule has 46 heavy (non-hydrogen) atoms. The van der Waals surface area contributed by atoms with Crippen molar-refractivity contribution < 1.29 is 47.5 Å². The zero-order chi connectivity index (χ0) is 34.5. The third-order valence-electron chi connectivity index (χ3n) is 6.91. The predicted octanol–water partition coefficient (Wildman–Crippen LogP) is 3.23. The van der Waals surface area contributed by atoms with Crippen LogP contribution in [-0.2, 0) is 42.7 Å². The van der Waals surface area contributed by atoms with Crippen molar-refractivity contribution in [2.45, 2.75) is 66.3 Å². The van der Waals surface area contributed by atoms with Gasteiger partial charge < -0.3 is 48.1 Å². The van der Waals surface area contributed by atoms with Gasteiger partial charge in [0.2, 0.25) is 5.91 Å². The molecule has 0 aromatic rings. The number of nitrogens with one attached hydrogen (secondary N) is 1. The molecule has 0 saturated carbocycles. The van der Waals surface area contributed by atoms with Gasteiger partial charge in [0.05, 0.1) is 85.9 Å². The molecule has 0 spiro atoms. The van der Waals surface area contributed by atoms with Crippen LogP contribution < -0.4 is 5.32 Å². The summed E-state index contributed by atoms with van der Waals surface area (Å²) in [4.78, 5) is 29.1. The quantitative estimate of drug-likeness (QED) is 0.114. The number of methoxy groups -OCH3 is 1. The van der Waals surface area contributed by atoms with Gasteiger partial charge in [-0.2, -0.15) is 0 Å². The Morgan fingerprint density at radius 3 is 1.41 bits per heavy atom. The number of amides is 2. The predicted molar refractivity (Wildman–Crippen MR) is 178 cm³/mol. The van der Waals surface area contributed by atoms with Gasteiger partial charge >= 0.3 is 6.09 Å². The summed E-state index contributed by atoms with van der Waals surface area (Å²) in [5.41, 5.74) is -0.353. The van der Waals surface area contributed by atoms with Crippen molar-refractivity contribution in [2.75, 3.05) is 133 Å². The lowest BCUT2D eigenvalue weighted by molar-refractivity contribution is -0.139. The van der Waals surface area contributed by atoms with Gasteiger partial charge in [-0.25, -0.2) is 4.79 Å². The van der Waals surface area contributed by atoms with E-state index in [0.29, 0.717) is 106 Å². The van der Waals surface area contributed by atoms with Gasteiger partial charge in [0.25, 0.3) is 0 Å². The first-order chi connectivity index (χ1) is 21.9. The molecule has 0 aliphatic carbocycles. The molecule has 1 N–H and O–H groups in total. The largest absolute Gasteiger partial charge is 0.447 e. The van der Waals surface area contributed by atoms with E-state index in [4.69, 9.17) is 37.9 Å². The SMILES string of the molecule is COCCOCCOCCOCCOCCOCCOCCOC(=O)NCCCCCN(CCN(C)C(C)(C)C)C(=O)C(C)(C)C. The van der Waals surface area contributed by atoms with Crippen LogP contribution in [0.2, 0.25) is 0 Å². The fourth-order valence-corrected chi connectivity index (χ4v) is 3.78. The summed E-state index contributed by atoms with van der Waals surface area (Å²) in [7, 11) is 3.73. The lowest BCUT2D eigenvalue weighted by Gasteiger charge is -2.35. The zero-order valence-corrected chi connectivity index (χ0v) is 30.3. The number of hydrogen-bond donors (Lipinski definition) is 1. The first kappa shape index (κ1) is 44.4. The van der Waals surface area contributed by atoms with Crippen LogP contribution in [0.5, 0.6) is 0 Å². The number of rotatable bonds is 30. The Kier molecular flexibility index (Phi) is 27.5. The Balaban J connectivity index is 3.61. The monoisotopic (exact) mass is 665 g/mol. The van der Waals surface area contributed by atoms with E-state index in [2.05, 4.69) is 38.0 Å². The van der Waals surface area contributed by atoms with Crippen molar-refractivity contribution in [3.05, 3.63) is 0 Å². The molecule has 0 atom stereocenters. The first-order valence-electron chi connectivity index (χ1n) is 16.8.